The molecule has 0 aromatic carbocycles. The molecule has 0 unspecified atom stereocenters. The van der Waals surface area contributed by atoms with Crippen LogP contribution in [0.5, 0.6) is 0 Å². The summed E-state index contributed by atoms with van der Waals surface area (Å²) in [5.41, 5.74) is -4.32. The number of allylic oxidation sites excluding steroid dienone is 4. The fraction of sp³-hybridized carbons (Fsp3) is 0.708. The highest BCUT2D eigenvalue weighted by molar-refractivity contribution is 6.37. The molecule has 9 atom stereocenters. The van der Waals surface area contributed by atoms with Crippen molar-refractivity contribution in [1.82, 2.24) is 4.90 Å². The minimum Gasteiger partial charge on any atom is -0.390 e. The molecule has 0 heterocycles. The van der Waals surface area contributed by atoms with E-state index in [2.05, 4.69) is 0 Å². The van der Waals surface area contributed by atoms with Gasteiger partial charge in [-0.25, -0.2) is 8.78 Å². The number of alkyl halides is 2. The number of ketones is 2. The molecule has 5 nitrogen and oxygen atoms in total. The Morgan fingerprint density at radius 1 is 1.19 bits per heavy atom. The number of fused-ring (bicyclic) bond motifs is 5. The van der Waals surface area contributed by atoms with Crippen LogP contribution < -0.4 is 0 Å². The Balaban J connectivity index is 1.80. The average Bonchev–Trinajstić information content (AvgIpc) is 2.94. The third-order valence-electron chi connectivity index (χ3n) is 8.87. The zero-order valence-electron chi connectivity index (χ0n) is 18.7. The second-order valence-electron chi connectivity index (χ2n) is 10.7. The van der Waals surface area contributed by atoms with E-state index < -0.39 is 52.3 Å². The van der Waals surface area contributed by atoms with Gasteiger partial charge in [0.2, 0.25) is 5.78 Å². The summed E-state index contributed by atoms with van der Waals surface area (Å²) in [5, 5.41) is 11.2. The molecule has 3 fully saturated rings. The Morgan fingerprint density at radius 3 is 2.45 bits per heavy atom. The van der Waals surface area contributed by atoms with Gasteiger partial charge in [0.15, 0.2) is 11.5 Å². The molecule has 0 aliphatic heterocycles. The molecule has 0 saturated heterocycles. The first-order valence-corrected chi connectivity index (χ1v) is 11.0. The second-order valence-corrected chi connectivity index (χ2v) is 10.7. The normalized spacial score (nSPS) is 48.4. The maximum absolute atomic E-state index is 17.0. The fourth-order valence-corrected chi connectivity index (χ4v) is 7.48. The Morgan fingerprint density at radius 2 is 1.84 bits per heavy atom. The van der Waals surface area contributed by atoms with Crippen molar-refractivity contribution in [3.8, 4) is 0 Å². The van der Waals surface area contributed by atoms with Crippen LogP contribution in [0.2, 0.25) is 0 Å². The predicted octanol–water partition coefficient (Wildman–Crippen LogP) is 2.82. The number of aliphatic hydroxyl groups excluding tert-OH is 1. The molecule has 4 rings (SSSR count). The van der Waals surface area contributed by atoms with Gasteiger partial charge in [0.05, 0.1) is 6.10 Å². The van der Waals surface area contributed by atoms with Crippen LogP contribution in [0.3, 0.4) is 0 Å². The number of amides is 1. The van der Waals surface area contributed by atoms with Crippen molar-refractivity contribution >= 4 is 17.5 Å². The summed E-state index contributed by atoms with van der Waals surface area (Å²) >= 11 is 0. The monoisotopic (exact) mass is 435 g/mol. The number of Topliss-reactive ketones (excluding diaryl/α,β-unsaturated/α-hetero) is 1. The second kappa shape index (κ2) is 6.80. The molecule has 170 valence electrons. The van der Waals surface area contributed by atoms with Gasteiger partial charge in [-0.05, 0) is 61.2 Å². The number of hydrogen-bond acceptors (Lipinski definition) is 4. The van der Waals surface area contributed by atoms with E-state index in [9.17, 15) is 19.5 Å². The summed E-state index contributed by atoms with van der Waals surface area (Å²) in [7, 11) is 3.03. The number of rotatable bonds is 2. The molecular weight excluding hydrogens is 404 g/mol. The summed E-state index contributed by atoms with van der Waals surface area (Å²) in [6, 6.07) is 0. The molecule has 7 heteroatoms. The highest BCUT2D eigenvalue weighted by atomic mass is 19.1. The molecular formula is C24H31F2NO4. The first kappa shape index (κ1) is 22.3. The largest absolute Gasteiger partial charge is 0.390 e. The first-order valence-electron chi connectivity index (χ1n) is 11.0. The van der Waals surface area contributed by atoms with E-state index in [1.54, 1.807) is 6.92 Å². The van der Waals surface area contributed by atoms with E-state index in [0.29, 0.717) is 6.42 Å². The fourth-order valence-electron chi connectivity index (χ4n) is 7.48. The van der Waals surface area contributed by atoms with Crippen molar-refractivity contribution < 1.29 is 28.3 Å². The van der Waals surface area contributed by atoms with E-state index in [1.807, 2.05) is 13.8 Å². The smallest absolute Gasteiger partial charge is 0.289 e. The van der Waals surface area contributed by atoms with Crippen molar-refractivity contribution in [1.29, 1.82) is 0 Å². The Bertz CT molecular complexity index is 913. The lowest BCUT2D eigenvalue weighted by Gasteiger charge is -2.62. The third kappa shape index (κ3) is 2.71. The Kier molecular flexibility index (Phi) is 4.90. The van der Waals surface area contributed by atoms with Crippen LogP contribution in [0.25, 0.3) is 0 Å². The van der Waals surface area contributed by atoms with E-state index in [1.165, 1.54) is 37.2 Å². The molecule has 1 N–H and O–H groups in total. The van der Waals surface area contributed by atoms with Crippen molar-refractivity contribution in [3.05, 3.63) is 23.8 Å². The quantitative estimate of drug-likeness (QED) is 0.677. The molecule has 3 saturated carbocycles. The van der Waals surface area contributed by atoms with Gasteiger partial charge in [0.1, 0.15) is 6.17 Å². The van der Waals surface area contributed by atoms with Crippen LogP contribution in [0.1, 0.15) is 40.0 Å². The van der Waals surface area contributed by atoms with E-state index in [0.717, 1.165) is 0 Å². The minimum absolute atomic E-state index is 0.00767. The van der Waals surface area contributed by atoms with Crippen LogP contribution in [-0.4, -0.2) is 59.5 Å². The van der Waals surface area contributed by atoms with Gasteiger partial charge in [0, 0.05) is 31.3 Å². The first-order chi connectivity index (χ1) is 14.3. The number of carbonyl (C=O) groups excluding carboxylic acids is 3. The molecule has 0 bridgehead atoms. The van der Waals surface area contributed by atoms with Gasteiger partial charge in [-0.2, -0.15) is 0 Å². The number of carbonyl (C=O) groups is 3. The van der Waals surface area contributed by atoms with Gasteiger partial charge >= 0.3 is 0 Å². The van der Waals surface area contributed by atoms with Crippen molar-refractivity contribution in [2.24, 2.45) is 34.5 Å². The number of likely N-dealkylation sites (N-methyl/N-ethyl adjacent to an activating group) is 1. The number of halogens is 2. The van der Waals surface area contributed by atoms with Crippen molar-refractivity contribution in [2.75, 3.05) is 14.1 Å². The third-order valence-corrected chi connectivity index (χ3v) is 8.87. The van der Waals surface area contributed by atoms with Crippen LogP contribution in [0.4, 0.5) is 8.78 Å². The van der Waals surface area contributed by atoms with Gasteiger partial charge in [-0.1, -0.05) is 19.9 Å². The lowest BCUT2D eigenvalue weighted by Crippen LogP contribution is -2.68. The van der Waals surface area contributed by atoms with Crippen molar-refractivity contribution in [2.45, 2.75) is 58.0 Å². The lowest BCUT2D eigenvalue weighted by atomic mass is 9.45. The van der Waals surface area contributed by atoms with Crippen LogP contribution in [0, 0.1) is 34.5 Å². The summed E-state index contributed by atoms with van der Waals surface area (Å²) < 4.78 is 32.3. The standard InChI is InChI=1S/C24H31F2NO4/c1-12-8-14-15-10-17(25)16-9-13(28)6-7-23(16,3)24(15,26)18(29)11-22(14,2)19(12)20(30)21(31)27(4)5/h6-7,9,12,14-15,17-19,29H,8,10-11H2,1-5H3/t12-,14+,15+,17+,18+,19-,22+,23+,24+/m1/s1. The molecule has 0 radical (unpaired) electrons. The van der Waals surface area contributed by atoms with E-state index in [-0.39, 0.29) is 36.0 Å². The lowest BCUT2D eigenvalue weighted by molar-refractivity contribution is -0.202. The molecule has 4 aliphatic carbocycles. The van der Waals surface area contributed by atoms with Gasteiger partial charge < -0.3 is 10.0 Å². The predicted molar refractivity (Wildman–Crippen MR) is 110 cm³/mol. The summed E-state index contributed by atoms with van der Waals surface area (Å²) in [6.45, 7) is 5.28. The SMILES string of the molecule is C[C@@H]1C[C@H]2[C@@H]3C[C@H](F)C4=CC(=O)C=C[C@]4(C)[C@@]3(F)[C@@H](O)C[C@]2(C)[C@H]1C(=O)C(=O)N(C)C. The molecule has 4 aliphatic rings. The summed E-state index contributed by atoms with van der Waals surface area (Å²) in [4.78, 5) is 38.7. The maximum atomic E-state index is 17.0. The Hall–Kier alpha value is -1.89. The van der Waals surface area contributed by atoms with Gasteiger partial charge in [0.25, 0.3) is 5.91 Å². The van der Waals surface area contributed by atoms with E-state index in [4.69, 9.17) is 0 Å². The van der Waals surface area contributed by atoms with E-state index >= 15 is 8.78 Å². The molecule has 0 aromatic heterocycles. The minimum atomic E-state index is -2.16. The Labute approximate surface area is 181 Å². The summed E-state index contributed by atoms with van der Waals surface area (Å²) in [6.07, 6.45) is 1.22. The average molecular weight is 436 g/mol. The highest BCUT2D eigenvalue weighted by Crippen LogP contribution is 2.70. The number of aliphatic hydroxyl groups is 1. The zero-order valence-corrected chi connectivity index (χ0v) is 18.7. The topological polar surface area (TPSA) is 74.7 Å². The zero-order chi connectivity index (χ0) is 23.1. The number of hydrogen-bond donors (Lipinski definition) is 1. The molecule has 0 aromatic rings. The molecule has 0 spiro atoms. The van der Waals surface area contributed by atoms with Crippen molar-refractivity contribution in [3.63, 3.8) is 0 Å². The maximum Gasteiger partial charge on any atom is 0.289 e. The van der Waals surface area contributed by atoms with Gasteiger partial charge in [-0.15, -0.1) is 0 Å². The number of nitrogens with zero attached hydrogens (tertiary/aromatic N) is 1. The highest BCUT2D eigenvalue weighted by Gasteiger charge is 2.73. The van der Waals surface area contributed by atoms with Gasteiger partial charge in [-0.3, -0.25) is 14.4 Å². The van der Waals surface area contributed by atoms with Crippen LogP contribution in [0.15, 0.2) is 23.8 Å². The molecule has 31 heavy (non-hydrogen) atoms. The van der Waals surface area contributed by atoms with Crippen LogP contribution in [-0.2, 0) is 14.4 Å². The summed E-state index contributed by atoms with van der Waals surface area (Å²) in [5.74, 6) is -3.54. The molecule has 1 amide bonds. The van der Waals surface area contributed by atoms with Crippen LogP contribution >= 0.6 is 0 Å².